The second kappa shape index (κ2) is 6.64. The van der Waals surface area contributed by atoms with Crippen LogP contribution in [-0.2, 0) is 6.54 Å². The van der Waals surface area contributed by atoms with Gasteiger partial charge in [-0.2, -0.15) is 5.10 Å². The van der Waals surface area contributed by atoms with Crippen LogP contribution in [0.1, 0.15) is 0 Å². The Bertz CT molecular complexity index is 629. The summed E-state index contributed by atoms with van der Waals surface area (Å²) in [7, 11) is 0. The summed E-state index contributed by atoms with van der Waals surface area (Å²) < 4.78 is 15.4. The molecule has 1 aromatic carbocycles. The molecule has 0 fully saturated rings. The van der Waals surface area contributed by atoms with Crippen molar-refractivity contribution < 1.29 is 14.4 Å². The van der Waals surface area contributed by atoms with Crippen LogP contribution < -0.4 is 5.32 Å². The van der Waals surface area contributed by atoms with E-state index in [1.54, 1.807) is 12.1 Å². The molecule has 7 nitrogen and oxygen atoms in total. The third kappa shape index (κ3) is 3.99. The van der Waals surface area contributed by atoms with E-state index in [4.69, 9.17) is 0 Å². The van der Waals surface area contributed by atoms with E-state index in [0.717, 1.165) is 6.20 Å². The predicted molar refractivity (Wildman–Crippen MR) is 77.5 cm³/mol. The van der Waals surface area contributed by atoms with Gasteiger partial charge in [0.15, 0.2) is 0 Å². The van der Waals surface area contributed by atoms with Gasteiger partial charge in [0.1, 0.15) is 18.2 Å². The molecule has 1 heterocycles. The van der Waals surface area contributed by atoms with Gasteiger partial charge in [0.25, 0.3) is 0 Å². The Labute approximate surface area is 127 Å². The van der Waals surface area contributed by atoms with Crippen molar-refractivity contribution in [3.63, 3.8) is 0 Å². The Morgan fingerprint density at radius 2 is 2.33 bits per heavy atom. The molecule has 0 aliphatic rings. The molecule has 0 bridgehead atoms. The average molecular weight is 359 g/mol. The van der Waals surface area contributed by atoms with Gasteiger partial charge in [-0.1, -0.05) is 6.07 Å². The molecule has 2 rings (SSSR count). The van der Waals surface area contributed by atoms with Crippen LogP contribution in [0.3, 0.4) is 0 Å². The summed E-state index contributed by atoms with van der Waals surface area (Å²) in [6.45, 7) is 0.139. The van der Waals surface area contributed by atoms with Gasteiger partial charge in [0, 0.05) is 11.0 Å². The molecule has 0 radical (unpaired) electrons. The number of aliphatic hydroxyl groups excluding tert-OH is 1. The lowest BCUT2D eigenvalue weighted by Gasteiger charge is -2.14. The monoisotopic (exact) mass is 358 g/mol. The zero-order valence-corrected chi connectivity index (χ0v) is 12.3. The Morgan fingerprint density at radius 1 is 1.57 bits per heavy atom. The standard InChI is InChI=1S/C12H12BrFN4O3/c13-10-2-1-3-11(14)12(10)15-5-9(19)7-17-6-8(4-16-17)18(20)21/h1-4,6,9,15,19H,5,7H2. The number of halogens is 2. The second-order valence-electron chi connectivity index (χ2n) is 4.31. The highest BCUT2D eigenvalue weighted by molar-refractivity contribution is 9.10. The first-order chi connectivity index (χ1) is 9.97. The number of nitro groups is 1. The second-order valence-corrected chi connectivity index (χ2v) is 5.16. The van der Waals surface area contributed by atoms with Crippen LogP contribution in [0.25, 0.3) is 0 Å². The Morgan fingerprint density at radius 3 is 2.95 bits per heavy atom. The Kier molecular flexibility index (Phi) is 4.86. The van der Waals surface area contributed by atoms with Crippen LogP contribution in [0.15, 0.2) is 35.1 Å². The van der Waals surface area contributed by atoms with Gasteiger partial charge in [0.05, 0.1) is 23.3 Å². The van der Waals surface area contributed by atoms with E-state index in [0.29, 0.717) is 4.47 Å². The minimum Gasteiger partial charge on any atom is -0.389 e. The summed E-state index contributed by atoms with van der Waals surface area (Å²) in [5.41, 5.74) is 0.106. The molecule has 1 unspecified atom stereocenters. The molecule has 112 valence electrons. The number of rotatable bonds is 6. The SMILES string of the molecule is O=[N+]([O-])c1cnn(CC(O)CNc2c(F)cccc2Br)c1. The van der Waals surface area contributed by atoms with E-state index in [2.05, 4.69) is 26.3 Å². The maximum absolute atomic E-state index is 13.6. The van der Waals surface area contributed by atoms with Crippen molar-refractivity contribution in [3.8, 4) is 0 Å². The maximum atomic E-state index is 13.6. The lowest BCUT2D eigenvalue weighted by Crippen LogP contribution is -2.25. The van der Waals surface area contributed by atoms with Crippen LogP contribution in [0.2, 0.25) is 0 Å². The van der Waals surface area contributed by atoms with Gasteiger partial charge in [-0.3, -0.25) is 14.8 Å². The number of anilines is 1. The topological polar surface area (TPSA) is 93.2 Å². The van der Waals surface area contributed by atoms with Crippen molar-refractivity contribution in [3.05, 3.63) is 51.0 Å². The summed E-state index contributed by atoms with van der Waals surface area (Å²) in [6.07, 6.45) is 1.45. The molecular weight excluding hydrogens is 347 g/mol. The summed E-state index contributed by atoms with van der Waals surface area (Å²) in [5.74, 6) is -0.439. The van der Waals surface area contributed by atoms with E-state index in [9.17, 15) is 19.6 Å². The van der Waals surface area contributed by atoms with Gasteiger partial charge in [-0.15, -0.1) is 0 Å². The van der Waals surface area contributed by atoms with Crippen LogP contribution in [0.4, 0.5) is 15.8 Å². The minimum absolute atomic E-state index is 0.0624. The fraction of sp³-hybridized carbons (Fsp3) is 0.250. The molecule has 0 amide bonds. The molecule has 0 aliphatic carbocycles. The summed E-state index contributed by atoms with van der Waals surface area (Å²) in [6, 6.07) is 4.54. The summed E-state index contributed by atoms with van der Waals surface area (Å²) >= 11 is 3.21. The van der Waals surface area contributed by atoms with E-state index in [1.807, 2.05) is 0 Å². The van der Waals surface area contributed by atoms with E-state index >= 15 is 0 Å². The Hall–Kier alpha value is -2.00. The first kappa shape index (κ1) is 15.4. The summed E-state index contributed by atoms with van der Waals surface area (Å²) in [4.78, 5) is 9.95. The molecule has 21 heavy (non-hydrogen) atoms. The molecular formula is C12H12BrFN4O3. The number of hydrogen-bond acceptors (Lipinski definition) is 5. The average Bonchev–Trinajstić information content (AvgIpc) is 2.87. The zero-order valence-electron chi connectivity index (χ0n) is 10.7. The van der Waals surface area contributed by atoms with Gasteiger partial charge >= 0.3 is 5.69 Å². The quantitative estimate of drug-likeness (QED) is 0.609. The number of para-hydroxylation sites is 1. The highest BCUT2D eigenvalue weighted by atomic mass is 79.9. The van der Waals surface area contributed by atoms with Gasteiger partial charge < -0.3 is 10.4 Å². The number of nitrogens with one attached hydrogen (secondary N) is 1. The molecule has 9 heteroatoms. The van der Waals surface area contributed by atoms with Crippen molar-refractivity contribution in [2.24, 2.45) is 0 Å². The van der Waals surface area contributed by atoms with Gasteiger partial charge in [-0.25, -0.2) is 4.39 Å². The first-order valence-electron chi connectivity index (χ1n) is 6.00. The van der Waals surface area contributed by atoms with Gasteiger partial charge in [0.2, 0.25) is 0 Å². The lowest BCUT2D eigenvalue weighted by molar-refractivity contribution is -0.385. The highest BCUT2D eigenvalue weighted by Crippen LogP contribution is 2.24. The van der Waals surface area contributed by atoms with Crippen LogP contribution in [0, 0.1) is 15.9 Å². The number of aromatic nitrogens is 2. The normalized spacial score (nSPS) is 12.1. The number of hydrogen-bond donors (Lipinski definition) is 2. The lowest BCUT2D eigenvalue weighted by atomic mass is 10.3. The fourth-order valence-electron chi connectivity index (χ4n) is 1.71. The molecule has 0 spiro atoms. The zero-order chi connectivity index (χ0) is 15.4. The Balaban J connectivity index is 1.92. The van der Waals surface area contributed by atoms with Crippen LogP contribution in [-0.4, -0.2) is 32.5 Å². The molecule has 1 aromatic heterocycles. The fourth-order valence-corrected chi connectivity index (χ4v) is 2.20. The molecule has 1 atom stereocenters. The minimum atomic E-state index is -0.879. The first-order valence-corrected chi connectivity index (χ1v) is 6.79. The maximum Gasteiger partial charge on any atom is 0.306 e. The molecule has 2 N–H and O–H groups in total. The summed E-state index contributed by atoms with van der Waals surface area (Å²) in [5, 5.41) is 26.9. The van der Waals surface area contributed by atoms with E-state index < -0.39 is 16.8 Å². The smallest absolute Gasteiger partial charge is 0.306 e. The largest absolute Gasteiger partial charge is 0.389 e. The van der Waals surface area contributed by atoms with Crippen molar-refractivity contribution in [2.45, 2.75) is 12.6 Å². The molecule has 2 aromatic rings. The highest BCUT2D eigenvalue weighted by Gasteiger charge is 2.13. The predicted octanol–water partition coefficient (Wildman–Crippen LogP) is 2.17. The molecule has 0 aliphatic heterocycles. The number of benzene rings is 1. The van der Waals surface area contributed by atoms with Crippen LogP contribution in [0.5, 0.6) is 0 Å². The van der Waals surface area contributed by atoms with Crippen molar-refractivity contribution in [1.29, 1.82) is 0 Å². The van der Waals surface area contributed by atoms with Crippen molar-refractivity contribution in [2.75, 3.05) is 11.9 Å². The molecule has 0 saturated heterocycles. The van der Waals surface area contributed by atoms with E-state index in [-0.39, 0.29) is 24.5 Å². The van der Waals surface area contributed by atoms with Crippen LogP contribution >= 0.6 is 15.9 Å². The molecule has 0 saturated carbocycles. The van der Waals surface area contributed by atoms with Crippen molar-refractivity contribution in [1.82, 2.24) is 9.78 Å². The third-order valence-corrected chi connectivity index (χ3v) is 3.37. The van der Waals surface area contributed by atoms with Gasteiger partial charge in [-0.05, 0) is 28.1 Å². The number of nitrogens with zero attached hydrogens (tertiary/aromatic N) is 3. The number of aliphatic hydroxyl groups is 1. The van der Waals surface area contributed by atoms with Crippen molar-refractivity contribution >= 4 is 27.3 Å². The third-order valence-electron chi connectivity index (χ3n) is 2.71. The van der Waals surface area contributed by atoms with E-state index in [1.165, 1.54) is 16.9 Å².